The zero-order valence-electron chi connectivity index (χ0n) is 13.8. The van der Waals surface area contributed by atoms with Crippen molar-refractivity contribution < 1.29 is 14.3 Å². The Balaban J connectivity index is 1.59. The fourth-order valence-corrected chi connectivity index (χ4v) is 3.84. The summed E-state index contributed by atoms with van der Waals surface area (Å²) in [5.41, 5.74) is 0.775. The summed E-state index contributed by atoms with van der Waals surface area (Å²) in [6, 6.07) is 13.2. The van der Waals surface area contributed by atoms with Gasteiger partial charge < -0.3 is 14.8 Å². The Labute approximate surface area is 168 Å². The van der Waals surface area contributed by atoms with Gasteiger partial charge in [-0.3, -0.25) is 4.79 Å². The number of thioether (sulfide) groups is 1. The number of amides is 1. The van der Waals surface area contributed by atoms with Crippen molar-refractivity contribution in [2.24, 2.45) is 0 Å². The predicted octanol–water partition coefficient (Wildman–Crippen LogP) is 5.36. The highest BCUT2D eigenvalue weighted by atomic mass is 79.9. The molecule has 1 amide bonds. The summed E-state index contributed by atoms with van der Waals surface area (Å²) in [4.78, 5) is 12.0. The maximum atomic E-state index is 12.0. The van der Waals surface area contributed by atoms with Gasteiger partial charge in [-0.05, 0) is 70.6 Å². The molecule has 0 aliphatic rings. The molecule has 4 nitrogen and oxygen atoms in total. The lowest BCUT2D eigenvalue weighted by Gasteiger charge is -2.08. The van der Waals surface area contributed by atoms with E-state index in [0.717, 1.165) is 38.3 Å². The first-order chi connectivity index (χ1) is 12.1. The van der Waals surface area contributed by atoms with Gasteiger partial charge in [-0.2, -0.15) is 11.8 Å². The Morgan fingerprint density at radius 1 is 1.12 bits per heavy atom. The van der Waals surface area contributed by atoms with E-state index in [0.29, 0.717) is 12.4 Å². The van der Waals surface area contributed by atoms with Gasteiger partial charge >= 0.3 is 0 Å². The molecule has 0 radical (unpaired) electrons. The number of methoxy groups -OCH3 is 1. The molecule has 7 heteroatoms. The van der Waals surface area contributed by atoms with E-state index in [4.69, 9.17) is 9.47 Å². The second-order valence-electron chi connectivity index (χ2n) is 5.10. The largest absolute Gasteiger partial charge is 0.497 e. The molecular formula is C18H19Br2NO3S. The van der Waals surface area contributed by atoms with E-state index >= 15 is 0 Å². The van der Waals surface area contributed by atoms with E-state index in [9.17, 15) is 4.79 Å². The first-order valence-electron chi connectivity index (χ1n) is 7.68. The fourth-order valence-electron chi connectivity index (χ4n) is 1.96. The van der Waals surface area contributed by atoms with Crippen molar-refractivity contribution in [2.45, 2.75) is 6.42 Å². The second-order valence-corrected chi connectivity index (χ2v) is 7.98. The Morgan fingerprint density at radius 2 is 1.84 bits per heavy atom. The molecule has 0 saturated heterocycles. The van der Waals surface area contributed by atoms with Crippen molar-refractivity contribution in [3.05, 3.63) is 51.4 Å². The van der Waals surface area contributed by atoms with Crippen LogP contribution in [-0.2, 0) is 4.79 Å². The molecule has 0 saturated carbocycles. The summed E-state index contributed by atoms with van der Waals surface area (Å²) in [5, 5.41) is 2.89. The summed E-state index contributed by atoms with van der Waals surface area (Å²) >= 11 is 8.42. The minimum Gasteiger partial charge on any atom is -0.497 e. The summed E-state index contributed by atoms with van der Waals surface area (Å²) in [7, 11) is 1.64. The van der Waals surface area contributed by atoms with Crippen molar-refractivity contribution in [2.75, 3.05) is 30.5 Å². The van der Waals surface area contributed by atoms with Crippen molar-refractivity contribution in [3.8, 4) is 11.5 Å². The van der Waals surface area contributed by atoms with Crippen LogP contribution in [0.1, 0.15) is 6.42 Å². The molecule has 0 unspecified atom stereocenters. The van der Waals surface area contributed by atoms with Gasteiger partial charge in [0.25, 0.3) is 0 Å². The highest BCUT2D eigenvalue weighted by Crippen LogP contribution is 2.26. The number of hydrogen-bond acceptors (Lipinski definition) is 4. The molecule has 1 N–H and O–H groups in total. The quantitative estimate of drug-likeness (QED) is 0.482. The zero-order valence-corrected chi connectivity index (χ0v) is 17.7. The highest BCUT2D eigenvalue weighted by Gasteiger charge is 2.06. The smallest absolute Gasteiger partial charge is 0.234 e. The van der Waals surface area contributed by atoms with Crippen LogP contribution in [0.25, 0.3) is 0 Å². The molecular weight excluding hydrogens is 470 g/mol. The van der Waals surface area contributed by atoms with Crippen LogP contribution in [-0.4, -0.2) is 31.1 Å². The molecule has 0 aliphatic heterocycles. The predicted molar refractivity (Wildman–Crippen MR) is 111 cm³/mol. The maximum absolute atomic E-state index is 12.0. The molecule has 2 aromatic rings. The third kappa shape index (κ3) is 7.30. The average molecular weight is 489 g/mol. The number of hydrogen-bond donors (Lipinski definition) is 1. The monoisotopic (exact) mass is 487 g/mol. The van der Waals surface area contributed by atoms with Gasteiger partial charge in [-0.1, -0.05) is 15.9 Å². The van der Waals surface area contributed by atoms with Crippen molar-refractivity contribution >= 4 is 55.2 Å². The minimum absolute atomic E-state index is 0.0101. The van der Waals surface area contributed by atoms with Crippen molar-refractivity contribution in [1.82, 2.24) is 0 Å². The number of carbonyl (C=O) groups is 1. The molecule has 25 heavy (non-hydrogen) atoms. The lowest BCUT2D eigenvalue weighted by atomic mass is 10.3. The van der Waals surface area contributed by atoms with Gasteiger partial charge in [0.15, 0.2) is 0 Å². The molecule has 134 valence electrons. The number of carbonyl (C=O) groups excluding carboxylic acids is 1. The third-order valence-electron chi connectivity index (χ3n) is 3.20. The van der Waals surface area contributed by atoms with Gasteiger partial charge in [0, 0.05) is 8.95 Å². The lowest BCUT2D eigenvalue weighted by molar-refractivity contribution is -0.113. The fraction of sp³-hybridized carbons (Fsp3) is 0.278. The molecule has 2 rings (SSSR count). The molecule has 0 spiro atoms. The van der Waals surface area contributed by atoms with E-state index in [1.165, 1.54) is 0 Å². The second kappa shape index (κ2) is 10.7. The van der Waals surface area contributed by atoms with Crippen LogP contribution in [0.15, 0.2) is 51.4 Å². The normalized spacial score (nSPS) is 10.4. The number of anilines is 1. The number of rotatable bonds is 9. The highest BCUT2D eigenvalue weighted by molar-refractivity contribution is 9.11. The van der Waals surface area contributed by atoms with E-state index in [2.05, 4.69) is 37.2 Å². The van der Waals surface area contributed by atoms with Crippen LogP contribution in [0, 0.1) is 0 Å². The average Bonchev–Trinajstić information content (AvgIpc) is 2.61. The van der Waals surface area contributed by atoms with E-state index in [-0.39, 0.29) is 5.91 Å². The SMILES string of the molecule is COc1ccc(OCCCSCC(=O)Nc2ccc(Br)cc2Br)cc1. The van der Waals surface area contributed by atoms with Crippen LogP contribution in [0.3, 0.4) is 0 Å². The molecule has 0 heterocycles. The summed E-state index contributed by atoms with van der Waals surface area (Å²) < 4.78 is 12.6. The van der Waals surface area contributed by atoms with Crippen LogP contribution >= 0.6 is 43.6 Å². The lowest BCUT2D eigenvalue weighted by Crippen LogP contribution is -2.15. The Morgan fingerprint density at radius 3 is 2.52 bits per heavy atom. The number of halogens is 2. The number of benzene rings is 2. The minimum atomic E-state index is -0.0101. The van der Waals surface area contributed by atoms with Crippen LogP contribution in [0.5, 0.6) is 11.5 Å². The molecule has 0 bridgehead atoms. The van der Waals surface area contributed by atoms with Crippen LogP contribution in [0.4, 0.5) is 5.69 Å². The maximum Gasteiger partial charge on any atom is 0.234 e. The van der Waals surface area contributed by atoms with Gasteiger partial charge in [0.2, 0.25) is 5.91 Å². The number of ether oxygens (including phenoxy) is 2. The molecule has 0 fully saturated rings. The molecule has 2 aromatic carbocycles. The number of nitrogens with one attached hydrogen (secondary N) is 1. The van der Waals surface area contributed by atoms with E-state index in [1.54, 1.807) is 18.9 Å². The first-order valence-corrected chi connectivity index (χ1v) is 10.4. The summed E-state index contributed by atoms with van der Waals surface area (Å²) in [5.74, 6) is 2.91. The zero-order chi connectivity index (χ0) is 18.1. The van der Waals surface area contributed by atoms with E-state index < -0.39 is 0 Å². The van der Waals surface area contributed by atoms with Crippen molar-refractivity contribution in [1.29, 1.82) is 0 Å². The summed E-state index contributed by atoms with van der Waals surface area (Å²) in [6.45, 7) is 0.624. The summed E-state index contributed by atoms with van der Waals surface area (Å²) in [6.07, 6.45) is 0.881. The third-order valence-corrected chi connectivity index (χ3v) is 5.39. The van der Waals surface area contributed by atoms with Crippen LogP contribution in [0.2, 0.25) is 0 Å². The topological polar surface area (TPSA) is 47.6 Å². The Kier molecular flexibility index (Phi) is 8.64. The Hall–Kier alpha value is -1.18. The standard InChI is InChI=1S/C18H19Br2NO3S/c1-23-14-4-6-15(7-5-14)24-9-2-10-25-12-18(22)21-17-8-3-13(19)11-16(17)20/h3-8,11H,2,9-10,12H2,1H3,(H,21,22). The van der Waals surface area contributed by atoms with Crippen molar-refractivity contribution in [3.63, 3.8) is 0 Å². The molecule has 0 aliphatic carbocycles. The van der Waals surface area contributed by atoms with Gasteiger partial charge in [0.05, 0.1) is 25.2 Å². The van der Waals surface area contributed by atoms with Gasteiger partial charge in [0.1, 0.15) is 11.5 Å². The first kappa shape index (κ1) is 20.1. The van der Waals surface area contributed by atoms with Crippen LogP contribution < -0.4 is 14.8 Å². The van der Waals surface area contributed by atoms with E-state index in [1.807, 2.05) is 42.5 Å². The van der Waals surface area contributed by atoms with Gasteiger partial charge in [-0.25, -0.2) is 0 Å². The molecule has 0 atom stereocenters. The molecule has 0 aromatic heterocycles. The Bertz CT molecular complexity index is 695. The van der Waals surface area contributed by atoms with Gasteiger partial charge in [-0.15, -0.1) is 0 Å².